The second-order valence-corrected chi connectivity index (χ2v) is 4.45. The first-order chi connectivity index (χ1) is 8.08. The number of carbonyl (C=O) groups is 2. The summed E-state index contributed by atoms with van der Waals surface area (Å²) >= 11 is 1.44. The molecule has 88 valence electrons. The Morgan fingerprint density at radius 3 is 2.94 bits per heavy atom. The van der Waals surface area contributed by atoms with Crippen molar-refractivity contribution in [3.8, 4) is 0 Å². The quantitative estimate of drug-likeness (QED) is 0.865. The van der Waals surface area contributed by atoms with Crippen molar-refractivity contribution >= 4 is 33.4 Å². The van der Waals surface area contributed by atoms with E-state index in [-0.39, 0.29) is 0 Å². The molecule has 0 fully saturated rings. The fraction of sp³-hybridized carbons (Fsp3) is 0.182. The summed E-state index contributed by atoms with van der Waals surface area (Å²) in [5.74, 6) is -1.45. The lowest BCUT2D eigenvalue weighted by molar-refractivity contribution is -0.138. The van der Waals surface area contributed by atoms with Crippen molar-refractivity contribution in [1.82, 2.24) is 10.3 Å². The summed E-state index contributed by atoms with van der Waals surface area (Å²) in [6.07, 6.45) is 0. The SMILES string of the molecule is C[C@@H](NC(=O)c1ccc2ncsc2c1)C(=O)O. The number of hydrogen-bond donors (Lipinski definition) is 2. The number of carboxylic acids is 1. The van der Waals surface area contributed by atoms with Gasteiger partial charge in [-0.1, -0.05) is 0 Å². The number of benzene rings is 1. The number of aromatic nitrogens is 1. The van der Waals surface area contributed by atoms with Gasteiger partial charge in [0.05, 0.1) is 15.7 Å². The van der Waals surface area contributed by atoms with Crippen LogP contribution in [-0.4, -0.2) is 28.0 Å². The van der Waals surface area contributed by atoms with Crippen molar-refractivity contribution in [2.45, 2.75) is 13.0 Å². The molecule has 0 aliphatic heterocycles. The Bertz CT molecular complexity index is 579. The lowest BCUT2D eigenvalue weighted by Gasteiger charge is -2.08. The van der Waals surface area contributed by atoms with E-state index in [4.69, 9.17) is 5.11 Å². The zero-order valence-corrected chi connectivity index (χ0v) is 9.82. The predicted octanol–water partition coefficient (Wildman–Crippen LogP) is 1.50. The highest BCUT2D eigenvalue weighted by atomic mass is 32.1. The van der Waals surface area contributed by atoms with Crippen LogP contribution in [0.1, 0.15) is 17.3 Å². The van der Waals surface area contributed by atoms with Gasteiger partial charge in [0.15, 0.2) is 0 Å². The highest BCUT2D eigenvalue weighted by molar-refractivity contribution is 7.16. The minimum absolute atomic E-state index is 0.393. The highest BCUT2D eigenvalue weighted by Crippen LogP contribution is 2.18. The van der Waals surface area contributed by atoms with Crippen LogP contribution in [0, 0.1) is 0 Å². The predicted molar refractivity (Wildman–Crippen MR) is 64.2 cm³/mol. The van der Waals surface area contributed by atoms with Crippen molar-refractivity contribution in [3.05, 3.63) is 29.3 Å². The Morgan fingerprint density at radius 1 is 1.47 bits per heavy atom. The second-order valence-electron chi connectivity index (χ2n) is 3.57. The molecule has 0 unspecified atom stereocenters. The normalized spacial score (nSPS) is 12.3. The molecule has 1 aromatic heterocycles. The first kappa shape index (κ1) is 11.5. The van der Waals surface area contributed by atoms with Crippen molar-refractivity contribution in [1.29, 1.82) is 0 Å². The van der Waals surface area contributed by atoms with Gasteiger partial charge >= 0.3 is 5.97 Å². The van der Waals surface area contributed by atoms with E-state index in [1.807, 2.05) is 0 Å². The number of hydrogen-bond acceptors (Lipinski definition) is 4. The van der Waals surface area contributed by atoms with E-state index < -0.39 is 17.9 Å². The topological polar surface area (TPSA) is 79.3 Å². The van der Waals surface area contributed by atoms with Gasteiger partial charge in [0.25, 0.3) is 5.91 Å². The van der Waals surface area contributed by atoms with Crippen LogP contribution in [0.3, 0.4) is 0 Å². The first-order valence-electron chi connectivity index (χ1n) is 4.95. The summed E-state index contributed by atoms with van der Waals surface area (Å²) in [5, 5.41) is 11.1. The van der Waals surface area contributed by atoms with E-state index in [0.717, 1.165) is 10.2 Å². The van der Waals surface area contributed by atoms with Gasteiger partial charge in [0.1, 0.15) is 6.04 Å². The van der Waals surface area contributed by atoms with Crippen LogP contribution in [0.2, 0.25) is 0 Å². The van der Waals surface area contributed by atoms with Crippen LogP contribution in [-0.2, 0) is 4.79 Å². The fourth-order valence-corrected chi connectivity index (χ4v) is 2.05. The number of carboxylic acid groups (broad SMARTS) is 1. The molecule has 2 N–H and O–H groups in total. The van der Waals surface area contributed by atoms with Crippen molar-refractivity contribution in [2.24, 2.45) is 0 Å². The number of aliphatic carboxylic acids is 1. The molecule has 0 aliphatic carbocycles. The molecule has 1 heterocycles. The van der Waals surface area contributed by atoms with Crippen LogP contribution in [0.5, 0.6) is 0 Å². The van der Waals surface area contributed by atoms with E-state index in [9.17, 15) is 9.59 Å². The Kier molecular flexibility index (Phi) is 3.06. The van der Waals surface area contributed by atoms with Crippen LogP contribution in [0.4, 0.5) is 0 Å². The third kappa shape index (κ3) is 2.42. The molecule has 0 bridgehead atoms. The van der Waals surface area contributed by atoms with E-state index in [2.05, 4.69) is 10.3 Å². The highest BCUT2D eigenvalue weighted by Gasteiger charge is 2.15. The smallest absolute Gasteiger partial charge is 0.325 e. The zero-order valence-electron chi connectivity index (χ0n) is 9.01. The largest absolute Gasteiger partial charge is 0.480 e. The minimum Gasteiger partial charge on any atom is -0.480 e. The zero-order chi connectivity index (χ0) is 12.4. The monoisotopic (exact) mass is 250 g/mol. The van der Waals surface area contributed by atoms with Gasteiger partial charge in [-0.15, -0.1) is 11.3 Å². The summed E-state index contributed by atoms with van der Waals surface area (Å²) < 4.78 is 0.903. The fourth-order valence-electron chi connectivity index (χ4n) is 1.34. The molecule has 0 saturated heterocycles. The molecule has 1 atom stereocenters. The molecule has 17 heavy (non-hydrogen) atoms. The Morgan fingerprint density at radius 2 is 2.24 bits per heavy atom. The molecule has 0 saturated carbocycles. The van der Waals surface area contributed by atoms with E-state index >= 15 is 0 Å². The molecule has 6 heteroatoms. The molecule has 5 nitrogen and oxygen atoms in total. The molecule has 2 rings (SSSR count). The Labute approximate surface area is 101 Å². The van der Waals surface area contributed by atoms with Crippen LogP contribution in [0.15, 0.2) is 23.7 Å². The minimum atomic E-state index is -1.06. The summed E-state index contributed by atoms with van der Waals surface area (Å²) in [6, 6.07) is 4.18. The lowest BCUT2D eigenvalue weighted by atomic mass is 10.2. The van der Waals surface area contributed by atoms with Gasteiger partial charge in [-0.25, -0.2) is 4.98 Å². The number of fused-ring (bicyclic) bond motifs is 1. The number of nitrogens with one attached hydrogen (secondary N) is 1. The van der Waals surface area contributed by atoms with Gasteiger partial charge < -0.3 is 10.4 Å². The van der Waals surface area contributed by atoms with E-state index in [1.54, 1.807) is 23.7 Å². The van der Waals surface area contributed by atoms with Crippen molar-refractivity contribution in [2.75, 3.05) is 0 Å². The maximum absolute atomic E-state index is 11.7. The number of nitrogens with zero attached hydrogens (tertiary/aromatic N) is 1. The van der Waals surface area contributed by atoms with Crippen LogP contribution < -0.4 is 5.32 Å². The third-order valence-electron chi connectivity index (χ3n) is 2.31. The Hall–Kier alpha value is -1.95. The maximum atomic E-state index is 11.7. The molecular weight excluding hydrogens is 240 g/mol. The number of rotatable bonds is 3. The summed E-state index contributed by atoms with van der Waals surface area (Å²) in [5.41, 5.74) is 2.97. The molecular formula is C11H10N2O3S. The molecule has 2 aromatic rings. The molecule has 1 amide bonds. The number of amides is 1. The van der Waals surface area contributed by atoms with Crippen LogP contribution in [0.25, 0.3) is 10.2 Å². The Balaban J connectivity index is 2.21. The molecule has 0 radical (unpaired) electrons. The summed E-state index contributed by atoms with van der Waals surface area (Å²) in [7, 11) is 0. The van der Waals surface area contributed by atoms with Gasteiger partial charge in [0.2, 0.25) is 0 Å². The van der Waals surface area contributed by atoms with E-state index in [0.29, 0.717) is 5.56 Å². The standard InChI is InChI=1S/C11H10N2O3S/c1-6(11(15)16)13-10(14)7-2-3-8-9(4-7)17-5-12-8/h2-6H,1H3,(H,13,14)(H,15,16)/t6-/m1/s1. The van der Waals surface area contributed by atoms with Crippen LogP contribution >= 0.6 is 11.3 Å². The van der Waals surface area contributed by atoms with Gasteiger partial charge in [-0.2, -0.15) is 0 Å². The van der Waals surface area contributed by atoms with E-state index in [1.165, 1.54) is 18.3 Å². The lowest BCUT2D eigenvalue weighted by Crippen LogP contribution is -2.38. The maximum Gasteiger partial charge on any atom is 0.325 e. The third-order valence-corrected chi connectivity index (χ3v) is 3.10. The summed E-state index contributed by atoms with van der Waals surface area (Å²) in [4.78, 5) is 26.5. The molecule has 0 aliphatic rings. The first-order valence-corrected chi connectivity index (χ1v) is 5.83. The average Bonchev–Trinajstić information content (AvgIpc) is 2.75. The molecule has 0 spiro atoms. The summed E-state index contributed by atoms with van der Waals surface area (Å²) in [6.45, 7) is 1.42. The van der Waals surface area contributed by atoms with Crippen molar-refractivity contribution < 1.29 is 14.7 Å². The number of thiazole rings is 1. The molecule has 1 aromatic carbocycles. The van der Waals surface area contributed by atoms with Gasteiger partial charge in [0, 0.05) is 5.56 Å². The van der Waals surface area contributed by atoms with Crippen molar-refractivity contribution in [3.63, 3.8) is 0 Å². The van der Waals surface area contributed by atoms with Gasteiger partial charge in [-0.05, 0) is 25.1 Å². The van der Waals surface area contributed by atoms with Gasteiger partial charge in [-0.3, -0.25) is 9.59 Å². The average molecular weight is 250 g/mol. The second kappa shape index (κ2) is 4.50. The number of carbonyl (C=O) groups excluding carboxylic acids is 1.